The molecule has 0 radical (unpaired) electrons. The summed E-state index contributed by atoms with van der Waals surface area (Å²) in [5.41, 5.74) is 5.91. The van der Waals surface area contributed by atoms with Crippen LogP contribution >= 0.6 is 0 Å². The largest absolute Gasteiger partial charge is 0.347 e. The Morgan fingerprint density at radius 2 is 1.85 bits per heavy atom. The van der Waals surface area contributed by atoms with Crippen LogP contribution in [0.2, 0.25) is 0 Å². The number of aromatic nitrogens is 1. The highest BCUT2D eigenvalue weighted by molar-refractivity contribution is 4.98. The van der Waals surface area contributed by atoms with Crippen LogP contribution in [0, 0.1) is 5.92 Å². The van der Waals surface area contributed by atoms with E-state index in [2.05, 4.69) is 37.7 Å². The van der Waals surface area contributed by atoms with E-state index < -0.39 is 0 Å². The lowest BCUT2D eigenvalue weighted by Crippen LogP contribution is -2.38. The van der Waals surface area contributed by atoms with Crippen molar-refractivity contribution in [3.63, 3.8) is 0 Å². The second-order valence-electron chi connectivity index (χ2n) is 4.39. The summed E-state index contributed by atoms with van der Waals surface area (Å²) in [5.74, 6) is 0.677. The van der Waals surface area contributed by atoms with E-state index in [1.165, 1.54) is 0 Å². The molecule has 0 aromatic carbocycles. The SMILES string of the molecule is CC(C)CC(C)(CN)n1cccc1. The second kappa shape index (κ2) is 3.97. The van der Waals surface area contributed by atoms with E-state index in [-0.39, 0.29) is 5.54 Å². The predicted molar refractivity (Wildman–Crippen MR) is 56.6 cm³/mol. The smallest absolute Gasteiger partial charge is 0.0536 e. The molecule has 1 atom stereocenters. The summed E-state index contributed by atoms with van der Waals surface area (Å²) in [6.07, 6.45) is 5.31. The third-order valence-electron chi connectivity index (χ3n) is 2.52. The molecule has 0 aliphatic carbocycles. The summed E-state index contributed by atoms with van der Waals surface area (Å²) in [7, 11) is 0. The van der Waals surface area contributed by atoms with Gasteiger partial charge in [0.25, 0.3) is 0 Å². The summed E-state index contributed by atoms with van der Waals surface area (Å²) < 4.78 is 2.22. The van der Waals surface area contributed by atoms with E-state index in [9.17, 15) is 0 Å². The van der Waals surface area contributed by atoms with E-state index in [1.807, 2.05) is 12.1 Å². The normalized spacial score (nSPS) is 16.1. The van der Waals surface area contributed by atoms with Crippen LogP contribution in [0.4, 0.5) is 0 Å². The van der Waals surface area contributed by atoms with Gasteiger partial charge in [-0.05, 0) is 31.4 Å². The monoisotopic (exact) mass is 180 g/mol. The predicted octanol–water partition coefficient (Wildman–Crippen LogP) is 2.21. The topological polar surface area (TPSA) is 30.9 Å². The Labute approximate surface area is 80.7 Å². The highest BCUT2D eigenvalue weighted by Crippen LogP contribution is 2.23. The Morgan fingerprint density at radius 1 is 1.31 bits per heavy atom. The summed E-state index contributed by atoms with van der Waals surface area (Å²) in [6, 6.07) is 4.10. The van der Waals surface area contributed by atoms with Crippen LogP contribution in [-0.2, 0) is 5.54 Å². The molecule has 1 heterocycles. The Hall–Kier alpha value is -0.760. The highest BCUT2D eigenvalue weighted by atomic mass is 15.0. The van der Waals surface area contributed by atoms with Gasteiger partial charge in [-0.2, -0.15) is 0 Å². The molecule has 0 amide bonds. The first-order valence-electron chi connectivity index (χ1n) is 4.92. The van der Waals surface area contributed by atoms with Crippen molar-refractivity contribution in [2.75, 3.05) is 6.54 Å². The highest BCUT2D eigenvalue weighted by Gasteiger charge is 2.24. The van der Waals surface area contributed by atoms with E-state index >= 15 is 0 Å². The summed E-state index contributed by atoms with van der Waals surface area (Å²) in [4.78, 5) is 0. The van der Waals surface area contributed by atoms with Gasteiger partial charge in [0.05, 0.1) is 5.54 Å². The molecule has 0 aliphatic heterocycles. The third-order valence-corrected chi connectivity index (χ3v) is 2.52. The lowest BCUT2D eigenvalue weighted by Gasteiger charge is -2.32. The molecule has 74 valence electrons. The van der Waals surface area contributed by atoms with Crippen LogP contribution in [0.1, 0.15) is 27.2 Å². The molecule has 1 rings (SSSR count). The first-order valence-corrected chi connectivity index (χ1v) is 4.92. The molecule has 1 aromatic rings. The Balaban J connectivity index is 2.81. The van der Waals surface area contributed by atoms with Gasteiger partial charge < -0.3 is 10.3 Å². The zero-order valence-corrected chi connectivity index (χ0v) is 8.83. The lowest BCUT2D eigenvalue weighted by molar-refractivity contribution is 0.265. The molecule has 2 N–H and O–H groups in total. The number of nitrogens with zero attached hydrogens (tertiary/aromatic N) is 1. The van der Waals surface area contributed by atoms with Crippen molar-refractivity contribution in [1.29, 1.82) is 0 Å². The standard InChI is InChI=1S/C11H20N2/c1-10(2)8-11(3,9-12)13-6-4-5-7-13/h4-7,10H,8-9,12H2,1-3H3. The average Bonchev–Trinajstić information content (AvgIpc) is 2.55. The third kappa shape index (κ3) is 2.34. The molecule has 0 spiro atoms. The first kappa shape index (κ1) is 10.3. The van der Waals surface area contributed by atoms with E-state index in [0.29, 0.717) is 12.5 Å². The number of hydrogen-bond donors (Lipinski definition) is 1. The fourth-order valence-electron chi connectivity index (χ4n) is 1.87. The molecular weight excluding hydrogens is 160 g/mol. The van der Waals surface area contributed by atoms with Crippen LogP contribution in [0.15, 0.2) is 24.5 Å². The molecule has 0 aliphatic rings. The molecule has 1 aromatic heterocycles. The molecular formula is C11H20N2. The summed E-state index contributed by atoms with van der Waals surface area (Å²) in [5, 5.41) is 0. The maximum Gasteiger partial charge on any atom is 0.0536 e. The van der Waals surface area contributed by atoms with E-state index in [1.54, 1.807) is 0 Å². The minimum Gasteiger partial charge on any atom is -0.347 e. The van der Waals surface area contributed by atoms with Crippen molar-refractivity contribution in [2.24, 2.45) is 11.7 Å². The molecule has 1 unspecified atom stereocenters. The molecule has 0 bridgehead atoms. The maximum absolute atomic E-state index is 5.83. The maximum atomic E-state index is 5.83. The minimum atomic E-state index is 0.0810. The zero-order chi connectivity index (χ0) is 9.90. The van der Waals surface area contributed by atoms with Gasteiger partial charge in [-0.15, -0.1) is 0 Å². The second-order valence-corrected chi connectivity index (χ2v) is 4.39. The van der Waals surface area contributed by atoms with Crippen LogP contribution in [0.3, 0.4) is 0 Å². The fourth-order valence-corrected chi connectivity index (χ4v) is 1.87. The lowest BCUT2D eigenvalue weighted by atomic mass is 9.90. The van der Waals surface area contributed by atoms with Gasteiger partial charge in [0.2, 0.25) is 0 Å². The molecule has 0 saturated carbocycles. The number of rotatable bonds is 4. The van der Waals surface area contributed by atoms with Crippen LogP contribution in [0.25, 0.3) is 0 Å². The van der Waals surface area contributed by atoms with E-state index in [0.717, 1.165) is 6.42 Å². The van der Waals surface area contributed by atoms with Crippen molar-refractivity contribution in [2.45, 2.75) is 32.7 Å². The molecule has 0 fully saturated rings. The van der Waals surface area contributed by atoms with Gasteiger partial charge in [0.15, 0.2) is 0 Å². The van der Waals surface area contributed by atoms with Crippen molar-refractivity contribution in [1.82, 2.24) is 4.57 Å². The van der Waals surface area contributed by atoms with Gasteiger partial charge >= 0.3 is 0 Å². The summed E-state index contributed by atoms with van der Waals surface area (Å²) >= 11 is 0. The Kier molecular flexibility index (Phi) is 3.15. The van der Waals surface area contributed by atoms with Crippen molar-refractivity contribution in [3.05, 3.63) is 24.5 Å². The molecule has 0 saturated heterocycles. The van der Waals surface area contributed by atoms with Crippen molar-refractivity contribution >= 4 is 0 Å². The van der Waals surface area contributed by atoms with Crippen LogP contribution in [0.5, 0.6) is 0 Å². The average molecular weight is 180 g/mol. The van der Waals surface area contributed by atoms with Gasteiger partial charge in [0, 0.05) is 18.9 Å². The van der Waals surface area contributed by atoms with Gasteiger partial charge in [-0.3, -0.25) is 0 Å². The number of nitrogens with two attached hydrogens (primary N) is 1. The fraction of sp³-hybridized carbons (Fsp3) is 0.636. The van der Waals surface area contributed by atoms with Gasteiger partial charge in [-0.25, -0.2) is 0 Å². The Morgan fingerprint density at radius 3 is 2.23 bits per heavy atom. The zero-order valence-electron chi connectivity index (χ0n) is 8.83. The number of hydrogen-bond acceptors (Lipinski definition) is 1. The van der Waals surface area contributed by atoms with Gasteiger partial charge in [-0.1, -0.05) is 13.8 Å². The molecule has 2 heteroatoms. The molecule has 13 heavy (non-hydrogen) atoms. The first-order chi connectivity index (χ1) is 6.08. The van der Waals surface area contributed by atoms with Crippen molar-refractivity contribution < 1.29 is 0 Å². The quantitative estimate of drug-likeness (QED) is 0.756. The van der Waals surface area contributed by atoms with Gasteiger partial charge in [0.1, 0.15) is 0 Å². The Bertz CT molecular complexity index is 239. The molecule has 2 nitrogen and oxygen atoms in total. The van der Waals surface area contributed by atoms with Crippen LogP contribution in [-0.4, -0.2) is 11.1 Å². The summed E-state index contributed by atoms with van der Waals surface area (Å²) in [6.45, 7) is 7.38. The van der Waals surface area contributed by atoms with Crippen molar-refractivity contribution in [3.8, 4) is 0 Å². The minimum absolute atomic E-state index is 0.0810. The van der Waals surface area contributed by atoms with Crippen LogP contribution < -0.4 is 5.73 Å². The van der Waals surface area contributed by atoms with E-state index in [4.69, 9.17) is 5.73 Å².